The van der Waals surface area contributed by atoms with E-state index in [0.717, 1.165) is 11.0 Å². The van der Waals surface area contributed by atoms with Crippen LogP contribution in [0.15, 0.2) is 30.2 Å². The molecule has 0 atom stereocenters. The normalized spacial score (nSPS) is 10.4. The highest BCUT2D eigenvalue weighted by molar-refractivity contribution is 7.16. The number of rotatable bonds is 0. The third-order valence-corrected chi connectivity index (χ3v) is 3.15. The fraction of sp³-hybridized carbons (Fsp3) is 0.231. The van der Waals surface area contributed by atoms with Gasteiger partial charge in [0, 0.05) is 12.3 Å². The highest BCUT2D eigenvalue weighted by Crippen LogP contribution is 2.28. The minimum absolute atomic E-state index is 0.347. The van der Waals surface area contributed by atoms with Crippen molar-refractivity contribution < 1.29 is 17.6 Å². The van der Waals surface area contributed by atoms with Crippen molar-refractivity contribution in [3.63, 3.8) is 0 Å². The number of hydrogen-bond donors (Lipinski definition) is 0. The van der Waals surface area contributed by atoms with Crippen LogP contribution in [0.3, 0.4) is 0 Å². The van der Waals surface area contributed by atoms with Crippen LogP contribution < -0.4 is 0 Å². The van der Waals surface area contributed by atoms with Gasteiger partial charge >= 0.3 is 6.18 Å². The van der Waals surface area contributed by atoms with E-state index in [1.165, 1.54) is 17.7 Å². The van der Waals surface area contributed by atoms with Crippen molar-refractivity contribution in [2.24, 2.45) is 0 Å². The average molecular weight is 367 g/mol. The Bertz CT molecular complexity index is 748. The quantitative estimate of drug-likeness (QED) is 0.319. The lowest BCUT2D eigenvalue weighted by atomic mass is 10.3. The molecule has 0 unspecified atom stereocenters. The molecule has 3 heterocycles. The standard InChI is InChI=1S/C6H3F4N.C5H2ClN3S.C2H6/c7-5-3-4(1-2-11-5)6(8,9)10;6-4-3-5(8-1-7-4)10-2-9-3;1-2/h1-3H;1-2H;1-2H3. The van der Waals surface area contributed by atoms with Crippen molar-refractivity contribution in [2.45, 2.75) is 20.0 Å². The van der Waals surface area contributed by atoms with Gasteiger partial charge in [-0.1, -0.05) is 25.4 Å². The van der Waals surface area contributed by atoms with E-state index < -0.39 is 17.7 Å². The predicted octanol–water partition coefficient (Wildman–Crippen LogP) is 5.01. The minimum atomic E-state index is -4.50. The number of thiazole rings is 1. The lowest BCUT2D eigenvalue weighted by Gasteiger charge is -2.04. The van der Waals surface area contributed by atoms with Crippen LogP contribution in [-0.2, 0) is 6.18 Å². The zero-order valence-corrected chi connectivity index (χ0v) is 13.5. The van der Waals surface area contributed by atoms with Gasteiger partial charge in [0.25, 0.3) is 0 Å². The first kappa shape index (κ1) is 19.2. The second-order valence-electron chi connectivity index (χ2n) is 3.54. The van der Waals surface area contributed by atoms with Crippen LogP contribution in [0.4, 0.5) is 17.6 Å². The van der Waals surface area contributed by atoms with Gasteiger partial charge in [-0.2, -0.15) is 17.6 Å². The molecule has 0 aromatic carbocycles. The van der Waals surface area contributed by atoms with Crippen molar-refractivity contribution in [1.82, 2.24) is 19.9 Å². The smallest absolute Gasteiger partial charge is 0.240 e. The Labute approximate surface area is 138 Å². The summed E-state index contributed by atoms with van der Waals surface area (Å²) in [7, 11) is 0. The molecule has 0 saturated carbocycles. The van der Waals surface area contributed by atoms with Gasteiger partial charge in [-0.15, -0.1) is 11.3 Å². The summed E-state index contributed by atoms with van der Waals surface area (Å²) in [6.07, 6.45) is -2.29. The van der Waals surface area contributed by atoms with Crippen molar-refractivity contribution in [3.05, 3.63) is 46.8 Å². The van der Waals surface area contributed by atoms with E-state index in [9.17, 15) is 17.6 Å². The van der Waals surface area contributed by atoms with Gasteiger partial charge in [0.05, 0.1) is 11.1 Å². The highest BCUT2D eigenvalue weighted by Gasteiger charge is 2.30. The van der Waals surface area contributed by atoms with Crippen molar-refractivity contribution in [1.29, 1.82) is 0 Å². The lowest BCUT2D eigenvalue weighted by molar-refractivity contribution is -0.137. The van der Waals surface area contributed by atoms with Crippen LogP contribution in [0.25, 0.3) is 10.3 Å². The van der Waals surface area contributed by atoms with E-state index in [1.807, 2.05) is 13.8 Å². The molecule has 0 fully saturated rings. The first-order chi connectivity index (χ1) is 10.9. The molecule has 0 aliphatic heterocycles. The monoisotopic (exact) mass is 366 g/mol. The molecule has 0 saturated heterocycles. The SMILES string of the molecule is CC.Clc1ncnc2scnc12.Fc1cc(C(F)(F)F)ccn1. The largest absolute Gasteiger partial charge is 0.416 e. The maximum atomic E-state index is 12.1. The molecule has 0 aliphatic rings. The molecular formula is C13H11ClF4N4S. The molecule has 124 valence electrons. The molecule has 0 radical (unpaired) electrons. The van der Waals surface area contributed by atoms with E-state index in [2.05, 4.69) is 19.9 Å². The number of fused-ring (bicyclic) bond motifs is 1. The van der Waals surface area contributed by atoms with Gasteiger partial charge in [0.1, 0.15) is 16.7 Å². The van der Waals surface area contributed by atoms with Crippen molar-refractivity contribution in [3.8, 4) is 0 Å². The number of aromatic nitrogens is 4. The fourth-order valence-corrected chi connectivity index (χ4v) is 2.11. The Morgan fingerprint density at radius 1 is 1.09 bits per heavy atom. The maximum absolute atomic E-state index is 12.1. The van der Waals surface area contributed by atoms with Gasteiger partial charge in [0.2, 0.25) is 5.95 Å². The van der Waals surface area contributed by atoms with Gasteiger partial charge in [0.15, 0.2) is 5.15 Å². The third-order valence-electron chi connectivity index (χ3n) is 2.14. The Balaban J connectivity index is 0.000000208. The van der Waals surface area contributed by atoms with Crippen molar-refractivity contribution in [2.75, 3.05) is 0 Å². The molecule has 3 aromatic heterocycles. The average Bonchev–Trinajstić information content (AvgIpc) is 2.99. The molecule has 0 aliphatic carbocycles. The predicted molar refractivity (Wildman–Crippen MR) is 80.8 cm³/mol. The summed E-state index contributed by atoms with van der Waals surface area (Å²) in [5, 5.41) is 0.422. The third kappa shape index (κ3) is 5.68. The summed E-state index contributed by atoms with van der Waals surface area (Å²) in [5.41, 5.74) is 1.37. The zero-order valence-electron chi connectivity index (χ0n) is 12.0. The first-order valence-corrected chi connectivity index (χ1v) is 7.52. The molecule has 0 N–H and O–H groups in total. The van der Waals surface area contributed by atoms with Crippen molar-refractivity contribution >= 4 is 33.3 Å². The van der Waals surface area contributed by atoms with Gasteiger partial charge in [-0.3, -0.25) is 0 Å². The summed E-state index contributed by atoms with van der Waals surface area (Å²) in [5.74, 6) is -1.13. The Kier molecular flexibility index (Phi) is 7.24. The summed E-state index contributed by atoms with van der Waals surface area (Å²) in [4.78, 5) is 15.5. The number of pyridine rings is 1. The van der Waals surface area contributed by atoms with Crippen LogP contribution in [0.2, 0.25) is 5.15 Å². The Morgan fingerprint density at radius 3 is 2.30 bits per heavy atom. The highest BCUT2D eigenvalue weighted by atomic mass is 35.5. The van der Waals surface area contributed by atoms with Gasteiger partial charge < -0.3 is 0 Å². The molecule has 3 aromatic rings. The van der Waals surface area contributed by atoms with Gasteiger partial charge in [-0.25, -0.2) is 19.9 Å². The second-order valence-corrected chi connectivity index (χ2v) is 4.73. The van der Waals surface area contributed by atoms with E-state index >= 15 is 0 Å². The first-order valence-electron chi connectivity index (χ1n) is 6.26. The number of halogens is 5. The molecule has 0 spiro atoms. The van der Waals surface area contributed by atoms with Crippen LogP contribution >= 0.6 is 22.9 Å². The van der Waals surface area contributed by atoms with E-state index in [-0.39, 0.29) is 0 Å². The summed E-state index contributed by atoms with van der Waals surface area (Å²) >= 11 is 7.15. The molecule has 0 bridgehead atoms. The van der Waals surface area contributed by atoms with E-state index in [1.54, 1.807) is 5.51 Å². The molecule has 4 nitrogen and oxygen atoms in total. The van der Waals surface area contributed by atoms with Crippen LogP contribution in [0, 0.1) is 5.95 Å². The van der Waals surface area contributed by atoms with E-state index in [0.29, 0.717) is 22.8 Å². The van der Waals surface area contributed by atoms with Gasteiger partial charge in [-0.05, 0) is 6.07 Å². The summed E-state index contributed by atoms with van der Waals surface area (Å²) < 4.78 is 47.4. The van der Waals surface area contributed by atoms with E-state index in [4.69, 9.17) is 11.6 Å². The Morgan fingerprint density at radius 2 is 1.78 bits per heavy atom. The molecule has 0 amide bonds. The topological polar surface area (TPSA) is 51.6 Å². The molecule has 23 heavy (non-hydrogen) atoms. The molecule has 10 heteroatoms. The lowest BCUT2D eigenvalue weighted by Crippen LogP contribution is -2.05. The molecular weight excluding hydrogens is 356 g/mol. The fourth-order valence-electron chi connectivity index (χ4n) is 1.25. The maximum Gasteiger partial charge on any atom is 0.416 e. The zero-order chi connectivity index (χ0) is 17.5. The van der Waals surface area contributed by atoms with Crippen LogP contribution in [0.5, 0.6) is 0 Å². The number of hydrogen-bond acceptors (Lipinski definition) is 5. The minimum Gasteiger partial charge on any atom is -0.240 e. The number of alkyl halides is 3. The summed E-state index contributed by atoms with van der Waals surface area (Å²) in [6.45, 7) is 4.00. The Hall–Kier alpha value is -1.87. The summed E-state index contributed by atoms with van der Waals surface area (Å²) in [6, 6.07) is 1.06. The van der Waals surface area contributed by atoms with Crippen LogP contribution in [0.1, 0.15) is 19.4 Å². The second kappa shape index (κ2) is 8.68. The van der Waals surface area contributed by atoms with Crippen LogP contribution in [-0.4, -0.2) is 19.9 Å². The number of nitrogens with zero attached hydrogens (tertiary/aromatic N) is 4. The molecule has 3 rings (SSSR count).